The average Bonchev–Trinajstić information content (AvgIpc) is 2.82. The van der Waals surface area contributed by atoms with Gasteiger partial charge in [0.25, 0.3) is 0 Å². The van der Waals surface area contributed by atoms with Gasteiger partial charge in [-0.2, -0.15) is 0 Å². The molecule has 0 saturated carbocycles. The number of benzene rings is 1. The van der Waals surface area contributed by atoms with Crippen molar-refractivity contribution < 1.29 is 14.6 Å². The second-order valence-corrected chi connectivity index (χ2v) is 5.64. The average molecular weight is 275 g/mol. The minimum Gasteiger partial charge on any atom is -0.544 e. The molecule has 1 aromatic heterocycles. The number of rotatable bonds is 5. The third-order valence-electron chi connectivity index (χ3n) is 2.71. The van der Waals surface area contributed by atoms with Gasteiger partial charge in [0.1, 0.15) is 12.4 Å². The molecule has 0 unspecified atom stereocenters. The highest BCUT2D eigenvalue weighted by atomic mass is 32.1. The SMILES string of the molecule is CC(C)c1cc(OCc2ccccc2)c(C(=O)[O-])s1. The van der Waals surface area contributed by atoms with Gasteiger partial charge >= 0.3 is 0 Å². The van der Waals surface area contributed by atoms with Crippen LogP contribution in [-0.4, -0.2) is 5.97 Å². The minimum absolute atomic E-state index is 0.166. The first-order chi connectivity index (χ1) is 9.08. The van der Waals surface area contributed by atoms with Crippen LogP contribution in [0.4, 0.5) is 0 Å². The molecule has 0 N–H and O–H groups in total. The molecular weight excluding hydrogens is 260 g/mol. The van der Waals surface area contributed by atoms with Gasteiger partial charge in [0.15, 0.2) is 0 Å². The van der Waals surface area contributed by atoms with Crippen LogP contribution in [-0.2, 0) is 6.61 Å². The number of carbonyl (C=O) groups excluding carboxylic acids is 1. The molecular formula is C15H15O3S-. The summed E-state index contributed by atoms with van der Waals surface area (Å²) in [6, 6.07) is 11.4. The van der Waals surface area contributed by atoms with E-state index >= 15 is 0 Å². The standard InChI is InChI=1S/C15H16O3S/c1-10(2)13-8-12(14(19-13)15(16)17)18-9-11-6-4-3-5-7-11/h3-8,10H,9H2,1-2H3,(H,16,17)/p-1. The van der Waals surface area contributed by atoms with E-state index in [-0.39, 0.29) is 10.8 Å². The Morgan fingerprint density at radius 2 is 2.00 bits per heavy atom. The lowest BCUT2D eigenvalue weighted by molar-refractivity contribution is -0.254. The highest BCUT2D eigenvalue weighted by Crippen LogP contribution is 2.33. The van der Waals surface area contributed by atoms with Crippen molar-refractivity contribution in [2.75, 3.05) is 0 Å². The van der Waals surface area contributed by atoms with E-state index in [0.717, 1.165) is 10.4 Å². The molecule has 0 atom stereocenters. The Bertz CT molecular complexity index is 558. The van der Waals surface area contributed by atoms with Crippen molar-refractivity contribution in [2.45, 2.75) is 26.4 Å². The Balaban J connectivity index is 2.17. The Hall–Kier alpha value is -1.81. The first-order valence-electron chi connectivity index (χ1n) is 6.09. The van der Waals surface area contributed by atoms with Gasteiger partial charge in [0.05, 0.1) is 10.8 Å². The van der Waals surface area contributed by atoms with Crippen LogP contribution in [0.2, 0.25) is 0 Å². The lowest BCUT2D eigenvalue weighted by atomic mass is 10.2. The van der Waals surface area contributed by atoms with Crippen molar-refractivity contribution in [1.82, 2.24) is 0 Å². The number of hydrogen-bond donors (Lipinski definition) is 0. The van der Waals surface area contributed by atoms with Crippen LogP contribution in [0.1, 0.15) is 39.9 Å². The van der Waals surface area contributed by atoms with E-state index in [9.17, 15) is 9.90 Å². The molecule has 100 valence electrons. The van der Waals surface area contributed by atoms with Gasteiger partial charge in [0, 0.05) is 4.88 Å². The summed E-state index contributed by atoms with van der Waals surface area (Å²) in [5.41, 5.74) is 1.00. The first kappa shape index (κ1) is 13.6. The van der Waals surface area contributed by atoms with E-state index in [1.165, 1.54) is 11.3 Å². The van der Waals surface area contributed by atoms with Crippen molar-refractivity contribution in [2.24, 2.45) is 0 Å². The Morgan fingerprint density at radius 1 is 1.32 bits per heavy atom. The zero-order chi connectivity index (χ0) is 13.8. The highest BCUT2D eigenvalue weighted by molar-refractivity contribution is 7.14. The summed E-state index contributed by atoms with van der Waals surface area (Å²) in [7, 11) is 0. The first-order valence-corrected chi connectivity index (χ1v) is 6.91. The summed E-state index contributed by atoms with van der Waals surface area (Å²) in [6.07, 6.45) is 0. The molecule has 0 aliphatic heterocycles. The van der Waals surface area contributed by atoms with Gasteiger partial charge in [-0.15, -0.1) is 11.3 Å². The van der Waals surface area contributed by atoms with Gasteiger partial charge in [-0.3, -0.25) is 0 Å². The van der Waals surface area contributed by atoms with E-state index in [0.29, 0.717) is 12.4 Å². The van der Waals surface area contributed by atoms with E-state index < -0.39 is 5.97 Å². The Kier molecular flexibility index (Phi) is 4.22. The zero-order valence-corrected chi connectivity index (χ0v) is 11.7. The lowest BCUT2D eigenvalue weighted by Gasteiger charge is -2.07. The predicted molar refractivity (Wildman–Crippen MR) is 73.5 cm³/mol. The van der Waals surface area contributed by atoms with Crippen LogP contribution in [0.15, 0.2) is 36.4 Å². The van der Waals surface area contributed by atoms with Crippen LogP contribution in [0, 0.1) is 0 Å². The van der Waals surface area contributed by atoms with Gasteiger partial charge in [-0.05, 0) is 17.5 Å². The molecule has 3 nitrogen and oxygen atoms in total. The molecule has 1 heterocycles. The number of hydrogen-bond acceptors (Lipinski definition) is 4. The molecule has 19 heavy (non-hydrogen) atoms. The third-order valence-corrected chi connectivity index (χ3v) is 4.11. The molecule has 2 aromatic rings. The van der Waals surface area contributed by atoms with Gasteiger partial charge in [-0.1, -0.05) is 44.2 Å². The van der Waals surface area contributed by atoms with Crippen LogP contribution >= 0.6 is 11.3 Å². The predicted octanol–water partition coefficient (Wildman–Crippen LogP) is 2.81. The molecule has 0 aliphatic carbocycles. The topological polar surface area (TPSA) is 49.4 Å². The van der Waals surface area contributed by atoms with Gasteiger partial charge < -0.3 is 14.6 Å². The van der Waals surface area contributed by atoms with Crippen LogP contribution in [0.25, 0.3) is 0 Å². The summed E-state index contributed by atoms with van der Waals surface area (Å²) < 4.78 is 5.60. The van der Waals surface area contributed by atoms with Crippen molar-refractivity contribution >= 4 is 17.3 Å². The van der Waals surface area contributed by atoms with E-state index in [1.54, 1.807) is 6.07 Å². The summed E-state index contributed by atoms with van der Waals surface area (Å²) in [4.78, 5) is 12.2. The number of aromatic carboxylic acids is 1. The molecule has 4 heteroatoms. The quantitative estimate of drug-likeness (QED) is 0.843. The van der Waals surface area contributed by atoms with Crippen molar-refractivity contribution in [3.8, 4) is 5.75 Å². The maximum Gasteiger partial charge on any atom is 0.139 e. The van der Waals surface area contributed by atoms with Crippen LogP contribution in [0.3, 0.4) is 0 Å². The van der Waals surface area contributed by atoms with Crippen LogP contribution in [0.5, 0.6) is 5.75 Å². The number of ether oxygens (including phenoxy) is 1. The van der Waals surface area contributed by atoms with Crippen LogP contribution < -0.4 is 9.84 Å². The smallest absolute Gasteiger partial charge is 0.139 e. The van der Waals surface area contributed by atoms with Crippen molar-refractivity contribution in [3.05, 3.63) is 51.7 Å². The number of thiophene rings is 1. The van der Waals surface area contributed by atoms with E-state index in [2.05, 4.69) is 0 Å². The lowest BCUT2D eigenvalue weighted by Crippen LogP contribution is -2.21. The number of carboxylic acid groups (broad SMARTS) is 1. The zero-order valence-electron chi connectivity index (χ0n) is 10.9. The molecule has 0 fully saturated rings. The van der Waals surface area contributed by atoms with Crippen molar-refractivity contribution in [1.29, 1.82) is 0 Å². The summed E-state index contributed by atoms with van der Waals surface area (Å²) in [5.74, 6) is -0.505. The minimum atomic E-state index is -1.18. The molecule has 0 spiro atoms. The second-order valence-electron chi connectivity index (χ2n) is 4.56. The maximum absolute atomic E-state index is 11.1. The molecule has 0 saturated heterocycles. The molecule has 0 bridgehead atoms. The fourth-order valence-corrected chi connectivity index (χ4v) is 2.60. The van der Waals surface area contributed by atoms with E-state index in [1.807, 2.05) is 44.2 Å². The molecule has 0 aliphatic rings. The molecule has 0 radical (unpaired) electrons. The molecule has 2 rings (SSSR count). The monoisotopic (exact) mass is 275 g/mol. The Morgan fingerprint density at radius 3 is 2.58 bits per heavy atom. The fourth-order valence-electron chi connectivity index (χ4n) is 1.66. The fraction of sp³-hybridized carbons (Fsp3) is 0.267. The summed E-state index contributed by atoms with van der Waals surface area (Å²) in [5, 5.41) is 11.1. The second kappa shape index (κ2) is 5.89. The highest BCUT2D eigenvalue weighted by Gasteiger charge is 2.13. The Labute approximate surface area is 116 Å². The third kappa shape index (κ3) is 3.35. The maximum atomic E-state index is 11.1. The number of carbonyl (C=O) groups is 1. The number of carboxylic acids is 1. The largest absolute Gasteiger partial charge is 0.544 e. The molecule has 0 amide bonds. The molecule has 1 aromatic carbocycles. The summed E-state index contributed by atoms with van der Waals surface area (Å²) >= 11 is 1.22. The van der Waals surface area contributed by atoms with Gasteiger partial charge in [-0.25, -0.2) is 0 Å². The van der Waals surface area contributed by atoms with E-state index in [4.69, 9.17) is 4.74 Å². The normalized spacial score (nSPS) is 10.7. The van der Waals surface area contributed by atoms with Crippen molar-refractivity contribution in [3.63, 3.8) is 0 Å². The summed E-state index contributed by atoms with van der Waals surface area (Å²) in [6.45, 7) is 4.40. The van der Waals surface area contributed by atoms with Gasteiger partial charge in [0.2, 0.25) is 0 Å².